The second-order valence-electron chi connectivity index (χ2n) is 5.09. The topological polar surface area (TPSA) is 49.4 Å². The summed E-state index contributed by atoms with van der Waals surface area (Å²) in [6, 6.07) is 0. The third-order valence-electron chi connectivity index (χ3n) is 4.02. The van der Waals surface area contributed by atoms with Crippen molar-refractivity contribution >= 4 is 10.0 Å². The Balaban J connectivity index is 1.85. The summed E-state index contributed by atoms with van der Waals surface area (Å²) in [7, 11) is -2.96. The Labute approximate surface area is 98.4 Å². The van der Waals surface area contributed by atoms with E-state index in [0.29, 0.717) is 0 Å². The van der Waals surface area contributed by atoms with Crippen LogP contribution in [0.4, 0.5) is 0 Å². The molecule has 0 radical (unpaired) electrons. The first-order valence-electron chi connectivity index (χ1n) is 6.23. The first kappa shape index (κ1) is 12.3. The molecule has 2 rings (SSSR count). The van der Waals surface area contributed by atoms with Gasteiger partial charge in [-0.1, -0.05) is 0 Å². The smallest absolute Gasteiger partial charge is 0.211 e. The molecule has 0 aromatic carbocycles. The van der Waals surface area contributed by atoms with Gasteiger partial charge in [0.05, 0.1) is 6.26 Å². The maximum Gasteiger partial charge on any atom is 0.211 e. The normalized spacial score (nSPS) is 27.1. The number of nitrogens with one attached hydrogen (secondary N) is 1. The Morgan fingerprint density at radius 3 is 2.00 bits per heavy atom. The van der Waals surface area contributed by atoms with Crippen molar-refractivity contribution in [2.24, 2.45) is 11.8 Å². The lowest BCUT2D eigenvalue weighted by atomic mass is 9.79. The molecule has 1 N–H and O–H groups in total. The molecule has 0 aromatic heterocycles. The van der Waals surface area contributed by atoms with Crippen LogP contribution in [0.1, 0.15) is 25.7 Å². The molecule has 2 saturated heterocycles. The first-order chi connectivity index (χ1) is 7.57. The molecule has 4 nitrogen and oxygen atoms in total. The Bertz CT molecular complexity index is 315. The zero-order valence-corrected chi connectivity index (χ0v) is 10.8. The molecule has 2 aliphatic rings. The number of nitrogens with zero attached hydrogens (tertiary/aromatic N) is 1. The summed E-state index contributed by atoms with van der Waals surface area (Å²) in [6.45, 7) is 3.73. The fourth-order valence-electron chi connectivity index (χ4n) is 2.99. The summed E-state index contributed by atoms with van der Waals surface area (Å²) >= 11 is 0. The van der Waals surface area contributed by atoms with Gasteiger partial charge < -0.3 is 5.32 Å². The lowest BCUT2D eigenvalue weighted by Crippen LogP contribution is -2.41. The van der Waals surface area contributed by atoms with E-state index in [9.17, 15) is 8.42 Å². The predicted octanol–water partition coefficient (Wildman–Crippen LogP) is 0.658. The van der Waals surface area contributed by atoms with Crippen molar-refractivity contribution in [3.63, 3.8) is 0 Å². The lowest BCUT2D eigenvalue weighted by molar-refractivity contribution is 0.177. The second kappa shape index (κ2) is 5.02. The van der Waals surface area contributed by atoms with E-state index >= 15 is 0 Å². The Morgan fingerprint density at radius 1 is 1.00 bits per heavy atom. The average molecular weight is 246 g/mol. The van der Waals surface area contributed by atoms with Gasteiger partial charge in [0.25, 0.3) is 0 Å². The summed E-state index contributed by atoms with van der Waals surface area (Å²) in [4.78, 5) is 0. The zero-order valence-electron chi connectivity index (χ0n) is 9.98. The summed E-state index contributed by atoms with van der Waals surface area (Å²) < 4.78 is 24.4. The molecule has 5 heteroatoms. The van der Waals surface area contributed by atoms with Crippen LogP contribution in [0.2, 0.25) is 0 Å². The summed E-state index contributed by atoms with van der Waals surface area (Å²) in [5.41, 5.74) is 0. The van der Waals surface area contributed by atoms with Crippen LogP contribution in [0.5, 0.6) is 0 Å². The van der Waals surface area contributed by atoms with E-state index in [0.717, 1.165) is 50.9 Å². The zero-order chi connectivity index (χ0) is 11.6. The molecule has 2 aliphatic heterocycles. The summed E-state index contributed by atoms with van der Waals surface area (Å²) in [5, 5.41) is 3.38. The molecule has 0 spiro atoms. The Hall–Kier alpha value is -0.130. The highest BCUT2D eigenvalue weighted by atomic mass is 32.2. The quantitative estimate of drug-likeness (QED) is 0.778. The third-order valence-corrected chi connectivity index (χ3v) is 5.32. The van der Waals surface area contributed by atoms with Gasteiger partial charge in [-0.15, -0.1) is 0 Å². The molecule has 0 aliphatic carbocycles. The van der Waals surface area contributed by atoms with Crippen LogP contribution in [-0.4, -0.2) is 45.2 Å². The van der Waals surface area contributed by atoms with Crippen LogP contribution in [0.15, 0.2) is 0 Å². The fourth-order valence-corrected chi connectivity index (χ4v) is 3.87. The van der Waals surface area contributed by atoms with Gasteiger partial charge in [-0.25, -0.2) is 12.7 Å². The van der Waals surface area contributed by atoms with Gasteiger partial charge in [0.2, 0.25) is 10.0 Å². The first-order valence-corrected chi connectivity index (χ1v) is 8.08. The minimum Gasteiger partial charge on any atom is -0.317 e. The molecule has 16 heavy (non-hydrogen) atoms. The molecule has 0 saturated carbocycles. The van der Waals surface area contributed by atoms with Gasteiger partial charge >= 0.3 is 0 Å². The van der Waals surface area contributed by atoms with Crippen molar-refractivity contribution in [2.45, 2.75) is 25.7 Å². The van der Waals surface area contributed by atoms with Gasteiger partial charge in [-0.3, -0.25) is 0 Å². The van der Waals surface area contributed by atoms with E-state index in [4.69, 9.17) is 0 Å². The van der Waals surface area contributed by atoms with Gasteiger partial charge in [0.1, 0.15) is 0 Å². The second-order valence-corrected chi connectivity index (χ2v) is 7.07. The molecule has 0 atom stereocenters. The molecule has 0 amide bonds. The summed E-state index contributed by atoms with van der Waals surface area (Å²) in [5.74, 6) is 1.57. The molecular formula is C11H22N2O2S. The minimum atomic E-state index is -2.96. The van der Waals surface area contributed by atoms with Crippen LogP contribution in [0.25, 0.3) is 0 Å². The Kier molecular flexibility index (Phi) is 3.87. The maximum atomic E-state index is 11.4. The van der Waals surface area contributed by atoms with Crippen LogP contribution in [0, 0.1) is 11.8 Å². The van der Waals surface area contributed by atoms with Crippen LogP contribution in [-0.2, 0) is 10.0 Å². The SMILES string of the molecule is CS(=O)(=O)N1CCC(C2CCNCC2)CC1. The van der Waals surface area contributed by atoms with E-state index in [-0.39, 0.29) is 0 Å². The molecule has 0 unspecified atom stereocenters. The van der Waals surface area contributed by atoms with Crippen LogP contribution in [0.3, 0.4) is 0 Å². The third kappa shape index (κ3) is 2.96. The number of sulfonamides is 1. The fraction of sp³-hybridized carbons (Fsp3) is 1.00. The lowest BCUT2D eigenvalue weighted by Gasteiger charge is -2.36. The largest absolute Gasteiger partial charge is 0.317 e. The summed E-state index contributed by atoms with van der Waals surface area (Å²) in [6.07, 6.45) is 5.96. The number of rotatable bonds is 2. The highest BCUT2D eigenvalue weighted by Gasteiger charge is 2.30. The highest BCUT2D eigenvalue weighted by Crippen LogP contribution is 2.31. The van der Waals surface area contributed by atoms with Crippen LogP contribution >= 0.6 is 0 Å². The van der Waals surface area contributed by atoms with E-state index in [2.05, 4.69) is 5.32 Å². The van der Waals surface area contributed by atoms with Gasteiger partial charge in [0.15, 0.2) is 0 Å². The highest BCUT2D eigenvalue weighted by molar-refractivity contribution is 7.88. The predicted molar refractivity (Wildman–Crippen MR) is 64.7 cm³/mol. The average Bonchev–Trinajstić information content (AvgIpc) is 2.29. The van der Waals surface area contributed by atoms with E-state index in [1.807, 2.05) is 0 Å². The van der Waals surface area contributed by atoms with Gasteiger partial charge in [0, 0.05) is 13.1 Å². The van der Waals surface area contributed by atoms with Crippen molar-refractivity contribution in [3.8, 4) is 0 Å². The number of hydrogen-bond donors (Lipinski definition) is 1. The van der Waals surface area contributed by atoms with E-state index in [1.54, 1.807) is 4.31 Å². The maximum absolute atomic E-state index is 11.4. The Morgan fingerprint density at radius 2 is 1.50 bits per heavy atom. The van der Waals surface area contributed by atoms with Crippen LogP contribution < -0.4 is 5.32 Å². The molecule has 0 aromatic rings. The molecule has 2 heterocycles. The van der Waals surface area contributed by atoms with Gasteiger partial charge in [-0.2, -0.15) is 0 Å². The minimum absolute atomic E-state index is 0.730. The van der Waals surface area contributed by atoms with Crippen molar-refractivity contribution in [3.05, 3.63) is 0 Å². The number of piperidine rings is 2. The molecular weight excluding hydrogens is 224 g/mol. The monoisotopic (exact) mass is 246 g/mol. The van der Waals surface area contributed by atoms with E-state index < -0.39 is 10.0 Å². The van der Waals surface area contributed by atoms with Crippen molar-refractivity contribution in [1.29, 1.82) is 0 Å². The van der Waals surface area contributed by atoms with E-state index in [1.165, 1.54) is 19.1 Å². The molecule has 2 fully saturated rings. The van der Waals surface area contributed by atoms with Crippen molar-refractivity contribution in [2.75, 3.05) is 32.4 Å². The molecule has 94 valence electrons. The number of hydrogen-bond acceptors (Lipinski definition) is 3. The van der Waals surface area contributed by atoms with Gasteiger partial charge in [-0.05, 0) is 50.6 Å². The molecule has 0 bridgehead atoms. The van der Waals surface area contributed by atoms with Crippen molar-refractivity contribution in [1.82, 2.24) is 9.62 Å². The van der Waals surface area contributed by atoms with Crippen molar-refractivity contribution < 1.29 is 8.42 Å². The standard InChI is InChI=1S/C11H22N2O2S/c1-16(14,15)13-8-4-11(5-9-13)10-2-6-12-7-3-10/h10-12H,2-9H2,1H3.